The fraction of sp³-hybridized carbons (Fsp3) is 0.357. The molecule has 7 nitrogen and oxygen atoms in total. The largest absolute Gasteiger partial charge is 0.478 e. The third kappa shape index (κ3) is 3.38. The second kappa shape index (κ2) is 5.92. The average molecular weight is 292 g/mol. The van der Waals surface area contributed by atoms with E-state index in [0.717, 1.165) is 19.0 Å². The molecular weight excluding hydrogens is 276 g/mol. The van der Waals surface area contributed by atoms with Crippen molar-refractivity contribution >= 4 is 23.5 Å². The van der Waals surface area contributed by atoms with E-state index in [-0.39, 0.29) is 34.7 Å². The first-order valence-corrected chi connectivity index (χ1v) is 6.54. The molecule has 1 amide bonds. The molecule has 1 aromatic rings. The fourth-order valence-electron chi connectivity index (χ4n) is 2.35. The fourth-order valence-corrected chi connectivity index (χ4v) is 2.35. The Morgan fingerprint density at radius 1 is 1.14 bits per heavy atom. The number of carboxylic acids is 2. The zero-order valence-electron chi connectivity index (χ0n) is 11.4. The molecule has 2 atom stereocenters. The predicted octanol–water partition coefficient (Wildman–Crippen LogP) is 1.02. The summed E-state index contributed by atoms with van der Waals surface area (Å²) in [6.07, 6.45) is 0.883. The highest BCUT2D eigenvalue weighted by Crippen LogP contribution is 2.19. The standard InChI is InChI=1S/C14H16N2O5/c1-7-2-3-15-11(7)12(17)16-10-5-8(13(18)19)4-9(6-10)14(20)21/h4-7,11,15H,2-3H2,1H3,(H,16,17)(H,18,19)(H,20,21). The molecule has 4 N–H and O–H groups in total. The van der Waals surface area contributed by atoms with Crippen LogP contribution in [0.25, 0.3) is 0 Å². The zero-order chi connectivity index (χ0) is 15.6. The first kappa shape index (κ1) is 15.0. The summed E-state index contributed by atoms with van der Waals surface area (Å²) < 4.78 is 0. The molecule has 1 fully saturated rings. The number of hydrogen-bond donors (Lipinski definition) is 4. The Morgan fingerprint density at radius 3 is 2.14 bits per heavy atom. The van der Waals surface area contributed by atoms with E-state index in [4.69, 9.17) is 10.2 Å². The molecule has 1 aliphatic heterocycles. The Kier molecular flexibility index (Phi) is 4.23. The van der Waals surface area contributed by atoms with Crippen LogP contribution in [0.5, 0.6) is 0 Å². The van der Waals surface area contributed by atoms with Crippen molar-refractivity contribution < 1.29 is 24.6 Å². The molecular formula is C14H16N2O5. The van der Waals surface area contributed by atoms with Gasteiger partial charge in [-0.2, -0.15) is 0 Å². The highest BCUT2D eigenvalue weighted by Gasteiger charge is 2.29. The molecule has 7 heteroatoms. The number of aromatic carboxylic acids is 2. The first-order chi connectivity index (χ1) is 9.88. The minimum Gasteiger partial charge on any atom is -0.478 e. The summed E-state index contributed by atoms with van der Waals surface area (Å²) in [6, 6.07) is 3.18. The van der Waals surface area contributed by atoms with Crippen LogP contribution in [0.15, 0.2) is 18.2 Å². The maximum atomic E-state index is 12.1. The molecule has 0 aliphatic carbocycles. The van der Waals surface area contributed by atoms with E-state index >= 15 is 0 Å². The lowest BCUT2D eigenvalue weighted by atomic mass is 10.0. The van der Waals surface area contributed by atoms with Crippen molar-refractivity contribution in [1.29, 1.82) is 0 Å². The van der Waals surface area contributed by atoms with Gasteiger partial charge in [-0.25, -0.2) is 9.59 Å². The molecule has 2 unspecified atom stereocenters. The monoisotopic (exact) mass is 292 g/mol. The number of carbonyl (C=O) groups is 3. The lowest BCUT2D eigenvalue weighted by molar-refractivity contribution is -0.118. The second-order valence-corrected chi connectivity index (χ2v) is 5.10. The van der Waals surface area contributed by atoms with Gasteiger partial charge in [0.25, 0.3) is 0 Å². The van der Waals surface area contributed by atoms with Crippen molar-refractivity contribution in [3.05, 3.63) is 29.3 Å². The highest BCUT2D eigenvalue weighted by atomic mass is 16.4. The maximum absolute atomic E-state index is 12.1. The van der Waals surface area contributed by atoms with Crippen LogP contribution in [0.3, 0.4) is 0 Å². The van der Waals surface area contributed by atoms with E-state index in [9.17, 15) is 14.4 Å². The summed E-state index contributed by atoms with van der Waals surface area (Å²) in [5.41, 5.74) is -0.201. The molecule has 1 aromatic carbocycles. The van der Waals surface area contributed by atoms with Crippen molar-refractivity contribution in [2.75, 3.05) is 11.9 Å². The Bertz CT molecular complexity index is 567. The van der Waals surface area contributed by atoms with Crippen LogP contribution in [0, 0.1) is 5.92 Å². The number of benzene rings is 1. The minimum atomic E-state index is -1.25. The molecule has 1 aliphatic rings. The van der Waals surface area contributed by atoms with Gasteiger partial charge in [0, 0.05) is 5.69 Å². The molecule has 0 radical (unpaired) electrons. The number of hydrogen-bond acceptors (Lipinski definition) is 4. The van der Waals surface area contributed by atoms with Crippen LogP contribution in [0.4, 0.5) is 5.69 Å². The molecule has 2 rings (SSSR count). The molecule has 0 saturated carbocycles. The van der Waals surface area contributed by atoms with Crippen LogP contribution in [-0.2, 0) is 4.79 Å². The molecule has 1 heterocycles. The normalized spacial score (nSPS) is 21.0. The van der Waals surface area contributed by atoms with Gasteiger partial charge in [-0.1, -0.05) is 6.92 Å². The lowest BCUT2D eigenvalue weighted by Gasteiger charge is -2.16. The summed E-state index contributed by atoms with van der Waals surface area (Å²) in [7, 11) is 0. The van der Waals surface area contributed by atoms with Crippen LogP contribution >= 0.6 is 0 Å². The van der Waals surface area contributed by atoms with E-state index in [2.05, 4.69) is 10.6 Å². The summed E-state index contributed by atoms with van der Waals surface area (Å²) in [6.45, 7) is 2.69. The van der Waals surface area contributed by atoms with Crippen LogP contribution in [0.1, 0.15) is 34.1 Å². The van der Waals surface area contributed by atoms with Gasteiger partial charge in [0.15, 0.2) is 0 Å². The molecule has 0 aromatic heterocycles. The van der Waals surface area contributed by atoms with Gasteiger partial charge in [-0.15, -0.1) is 0 Å². The topological polar surface area (TPSA) is 116 Å². The quantitative estimate of drug-likeness (QED) is 0.658. The Labute approximate surface area is 121 Å². The average Bonchev–Trinajstić information content (AvgIpc) is 2.84. The first-order valence-electron chi connectivity index (χ1n) is 6.54. The molecule has 112 valence electrons. The molecule has 21 heavy (non-hydrogen) atoms. The number of amides is 1. The SMILES string of the molecule is CC1CCNC1C(=O)Nc1cc(C(=O)O)cc(C(=O)O)c1. The van der Waals surface area contributed by atoms with Crippen molar-refractivity contribution in [2.24, 2.45) is 5.92 Å². The smallest absolute Gasteiger partial charge is 0.335 e. The Hall–Kier alpha value is -2.41. The van der Waals surface area contributed by atoms with Gasteiger partial charge in [-0.05, 0) is 37.1 Å². The van der Waals surface area contributed by atoms with Crippen LogP contribution in [0.2, 0.25) is 0 Å². The van der Waals surface area contributed by atoms with E-state index in [1.54, 1.807) is 0 Å². The van der Waals surface area contributed by atoms with E-state index in [1.807, 2.05) is 6.92 Å². The van der Waals surface area contributed by atoms with E-state index < -0.39 is 11.9 Å². The third-order valence-corrected chi connectivity index (χ3v) is 3.51. The Morgan fingerprint density at radius 2 is 1.71 bits per heavy atom. The predicted molar refractivity (Wildman–Crippen MR) is 74.6 cm³/mol. The zero-order valence-corrected chi connectivity index (χ0v) is 11.4. The molecule has 1 saturated heterocycles. The van der Waals surface area contributed by atoms with Gasteiger partial charge in [0.2, 0.25) is 5.91 Å². The minimum absolute atomic E-state index is 0.165. The summed E-state index contributed by atoms with van der Waals surface area (Å²) >= 11 is 0. The maximum Gasteiger partial charge on any atom is 0.335 e. The lowest BCUT2D eigenvalue weighted by Crippen LogP contribution is -2.39. The summed E-state index contributed by atoms with van der Waals surface area (Å²) in [5, 5.41) is 23.6. The van der Waals surface area contributed by atoms with Crippen molar-refractivity contribution in [1.82, 2.24) is 5.32 Å². The van der Waals surface area contributed by atoms with Gasteiger partial charge in [0.05, 0.1) is 17.2 Å². The van der Waals surface area contributed by atoms with Gasteiger partial charge in [0.1, 0.15) is 0 Å². The summed E-state index contributed by atoms with van der Waals surface area (Å²) in [5.74, 6) is -2.62. The van der Waals surface area contributed by atoms with Gasteiger partial charge in [-0.3, -0.25) is 4.79 Å². The van der Waals surface area contributed by atoms with Crippen LogP contribution < -0.4 is 10.6 Å². The third-order valence-electron chi connectivity index (χ3n) is 3.51. The summed E-state index contributed by atoms with van der Waals surface area (Å²) in [4.78, 5) is 34.1. The van der Waals surface area contributed by atoms with Crippen molar-refractivity contribution in [2.45, 2.75) is 19.4 Å². The van der Waals surface area contributed by atoms with Gasteiger partial charge >= 0.3 is 11.9 Å². The number of carbonyl (C=O) groups excluding carboxylic acids is 1. The van der Waals surface area contributed by atoms with Crippen LogP contribution in [-0.4, -0.2) is 40.6 Å². The van der Waals surface area contributed by atoms with E-state index in [0.29, 0.717) is 0 Å². The molecule has 0 spiro atoms. The number of anilines is 1. The van der Waals surface area contributed by atoms with Gasteiger partial charge < -0.3 is 20.8 Å². The second-order valence-electron chi connectivity index (χ2n) is 5.10. The number of rotatable bonds is 4. The Balaban J connectivity index is 2.24. The van der Waals surface area contributed by atoms with Crippen molar-refractivity contribution in [3.63, 3.8) is 0 Å². The number of carboxylic acid groups (broad SMARTS) is 2. The molecule has 0 bridgehead atoms. The highest BCUT2D eigenvalue weighted by molar-refractivity contribution is 6.00. The number of nitrogens with one attached hydrogen (secondary N) is 2. The van der Waals surface area contributed by atoms with Crippen molar-refractivity contribution in [3.8, 4) is 0 Å². The van der Waals surface area contributed by atoms with E-state index in [1.165, 1.54) is 12.1 Å².